The lowest BCUT2D eigenvalue weighted by Gasteiger charge is -2.04. The Morgan fingerprint density at radius 1 is 1.35 bits per heavy atom. The van der Waals surface area contributed by atoms with Crippen LogP contribution in [0.2, 0.25) is 5.02 Å². The summed E-state index contributed by atoms with van der Waals surface area (Å²) in [6, 6.07) is 9.36. The van der Waals surface area contributed by atoms with Gasteiger partial charge in [-0.15, -0.1) is 22.7 Å². The van der Waals surface area contributed by atoms with Crippen LogP contribution in [0.1, 0.15) is 4.88 Å². The zero-order valence-electron chi connectivity index (χ0n) is 12.2. The highest BCUT2D eigenvalue weighted by Gasteiger charge is 2.10. The van der Waals surface area contributed by atoms with E-state index in [1.54, 1.807) is 30.6 Å². The number of carbonyl (C=O) groups excluding carboxylic acids is 1. The zero-order chi connectivity index (χ0) is 16.2. The maximum Gasteiger partial charge on any atom is 0.231 e. The van der Waals surface area contributed by atoms with Crippen molar-refractivity contribution in [1.29, 1.82) is 0 Å². The molecular weight excluding hydrogens is 352 g/mol. The number of carbonyl (C=O) groups is 1. The van der Waals surface area contributed by atoms with Crippen LogP contribution in [0.5, 0.6) is 5.75 Å². The van der Waals surface area contributed by atoms with Crippen molar-refractivity contribution in [2.45, 2.75) is 6.42 Å². The molecule has 2 aromatic heterocycles. The Hall–Kier alpha value is -1.89. The number of halogens is 1. The first-order valence-corrected chi connectivity index (χ1v) is 8.91. The highest BCUT2D eigenvalue weighted by atomic mass is 35.5. The molecule has 0 bridgehead atoms. The van der Waals surface area contributed by atoms with Crippen molar-refractivity contribution in [2.24, 2.45) is 0 Å². The molecule has 0 aliphatic rings. The number of benzene rings is 1. The lowest BCUT2D eigenvalue weighted by molar-refractivity contribution is -0.115. The molecule has 3 rings (SSSR count). The van der Waals surface area contributed by atoms with Crippen LogP contribution in [-0.4, -0.2) is 18.0 Å². The van der Waals surface area contributed by atoms with Crippen molar-refractivity contribution in [3.8, 4) is 17.0 Å². The number of hydrogen-bond acceptors (Lipinski definition) is 5. The minimum Gasteiger partial charge on any atom is -0.495 e. The predicted molar refractivity (Wildman–Crippen MR) is 95.8 cm³/mol. The van der Waals surface area contributed by atoms with Crippen LogP contribution in [0.3, 0.4) is 0 Å². The molecule has 0 spiro atoms. The summed E-state index contributed by atoms with van der Waals surface area (Å²) in [6.07, 6.45) is 0.362. The third-order valence-corrected chi connectivity index (χ3v) is 5.04. The predicted octanol–water partition coefficient (Wildman–Crippen LogP) is 4.71. The molecular formula is C16H13ClN2O2S2. The first kappa shape index (κ1) is 16.0. The summed E-state index contributed by atoms with van der Waals surface area (Å²) in [7, 11) is 1.57. The highest BCUT2D eigenvalue weighted by molar-refractivity contribution is 7.14. The number of nitrogens with zero attached hydrogens (tertiary/aromatic N) is 1. The number of amides is 1. The summed E-state index contributed by atoms with van der Waals surface area (Å²) in [5.41, 5.74) is 1.65. The maximum absolute atomic E-state index is 12.0. The van der Waals surface area contributed by atoms with Crippen LogP contribution in [-0.2, 0) is 11.2 Å². The third-order valence-electron chi connectivity index (χ3n) is 3.11. The van der Waals surface area contributed by atoms with Crippen LogP contribution in [0, 0.1) is 0 Å². The molecule has 1 amide bonds. The number of thiophene rings is 1. The van der Waals surface area contributed by atoms with Gasteiger partial charge in [0.05, 0.1) is 24.2 Å². The lowest BCUT2D eigenvalue weighted by Crippen LogP contribution is -2.13. The molecule has 0 atom stereocenters. The molecule has 0 fully saturated rings. The van der Waals surface area contributed by atoms with Crippen molar-refractivity contribution >= 4 is 45.3 Å². The molecule has 2 heterocycles. The molecule has 118 valence electrons. The summed E-state index contributed by atoms with van der Waals surface area (Å²) in [5, 5.41) is 7.77. The quantitative estimate of drug-likeness (QED) is 0.713. The summed E-state index contributed by atoms with van der Waals surface area (Å²) in [6.45, 7) is 0. The number of methoxy groups -OCH3 is 1. The number of anilines is 1. The second kappa shape index (κ2) is 7.12. The van der Waals surface area contributed by atoms with E-state index in [2.05, 4.69) is 10.3 Å². The fourth-order valence-electron chi connectivity index (χ4n) is 2.02. The number of rotatable bonds is 5. The molecule has 0 radical (unpaired) electrons. The minimum atomic E-state index is -0.0684. The Morgan fingerprint density at radius 3 is 2.91 bits per heavy atom. The van der Waals surface area contributed by atoms with Gasteiger partial charge in [-0.3, -0.25) is 4.79 Å². The molecule has 23 heavy (non-hydrogen) atoms. The molecule has 4 nitrogen and oxygen atoms in total. The Balaban J connectivity index is 1.70. The Labute approximate surface area is 146 Å². The highest BCUT2D eigenvalue weighted by Crippen LogP contribution is 2.31. The van der Waals surface area contributed by atoms with Crippen LogP contribution in [0.15, 0.2) is 41.1 Å². The van der Waals surface area contributed by atoms with Gasteiger partial charge in [0.15, 0.2) is 5.13 Å². The van der Waals surface area contributed by atoms with E-state index in [0.29, 0.717) is 22.3 Å². The van der Waals surface area contributed by atoms with Crippen molar-refractivity contribution in [3.63, 3.8) is 0 Å². The first-order valence-electron chi connectivity index (χ1n) is 6.77. The Bertz CT molecular complexity index is 815. The molecule has 3 aromatic rings. The van der Waals surface area contributed by atoms with Gasteiger partial charge >= 0.3 is 0 Å². The molecule has 0 saturated heterocycles. The van der Waals surface area contributed by atoms with Crippen LogP contribution < -0.4 is 10.1 Å². The Kier molecular flexibility index (Phi) is 4.95. The van der Waals surface area contributed by atoms with Crippen LogP contribution in [0.4, 0.5) is 5.13 Å². The van der Waals surface area contributed by atoms with Crippen LogP contribution in [0.25, 0.3) is 11.3 Å². The van der Waals surface area contributed by atoms with Gasteiger partial charge in [0.25, 0.3) is 0 Å². The molecule has 7 heteroatoms. The summed E-state index contributed by atoms with van der Waals surface area (Å²) >= 11 is 9.08. The van der Waals surface area contributed by atoms with Crippen molar-refractivity contribution in [3.05, 3.63) is 51.0 Å². The summed E-state index contributed by atoms with van der Waals surface area (Å²) in [4.78, 5) is 17.5. The average molecular weight is 365 g/mol. The fraction of sp³-hybridized carbons (Fsp3) is 0.125. The third kappa shape index (κ3) is 3.90. The largest absolute Gasteiger partial charge is 0.495 e. The van der Waals surface area contributed by atoms with Gasteiger partial charge in [-0.1, -0.05) is 17.7 Å². The van der Waals surface area contributed by atoms with Gasteiger partial charge in [0.2, 0.25) is 5.91 Å². The molecule has 0 unspecified atom stereocenters. The summed E-state index contributed by atoms with van der Waals surface area (Å²) in [5.74, 6) is 0.552. The summed E-state index contributed by atoms with van der Waals surface area (Å²) < 4.78 is 5.14. The monoisotopic (exact) mass is 364 g/mol. The van der Waals surface area contributed by atoms with Gasteiger partial charge in [-0.25, -0.2) is 4.98 Å². The zero-order valence-corrected chi connectivity index (χ0v) is 14.6. The van der Waals surface area contributed by atoms with Gasteiger partial charge in [-0.05, 0) is 29.6 Å². The second-order valence-corrected chi connectivity index (χ2v) is 6.99. The molecule has 0 saturated carbocycles. The molecule has 0 aliphatic heterocycles. The van der Waals surface area contributed by atoms with Crippen molar-refractivity contribution in [1.82, 2.24) is 4.98 Å². The number of nitrogens with one attached hydrogen (secondary N) is 1. The van der Waals surface area contributed by atoms with E-state index in [9.17, 15) is 4.79 Å². The Morgan fingerprint density at radius 2 is 2.22 bits per heavy atom. The molecule has 0 aliphatic carbocycles. The number of hydrogen-bond donors (Lipinski definition) is 1. The van der Waals surface area contributed by atoms with E-state index >= 15 is 0 Å². The standard InChI is InChI=1S/C16H13ClN2O2S2/c1-21-14-5-4-10(7-12(14)17)13-9-23-16(18-13)19-15(20)8-11-3-2-6-22-11/h2-7,9H,8H2,1H3,(H,18,19,20). The number of ether oxygens (including phenoxy) is 1. The van der Waals surface area contributed by atoms with Gasteiger partial charge in [0, 0.05) is 15.8 Å². The van der Waals surface area contributed by atoms with E-state index in [1.165, 1.54) is 11.3 Å². The van der Waals surface area contributed by atoms with Crippen molar-refractivity contribution < 1.29 is 9.53 Å². The van der Waals surface area contributed by atoms with E-state index < -0.39 is 0 Å². The second-order valence-electron chi connectivity index (χ2n) is 4.69. The molecule has 1 aromatic carbocycles. The van der Waals surface area contributed by atoms with Crippen molar-refractivity contribution in [2.75, 3.05) is 12.4 Å². The SMILES string of the molecule is COc1ccc(-c2csc(NC(=O)Cc3cccs3)n2)cc1Cl. The fourth-order valence-corrected chi connectivity index (χ4v) is 3.72. The number of aromatic nitrogens is 1. The van der Waals surface area contributed by atoms with E-state index in [-0.39, 0.29) is 5.91 Å². The van der Waals surface area contributed by atoms with E-state index in [4.69, 9.17) is 16.3 Å². The number of thiazole rings is 1. The minimum absolute atomic E-state index is 0.0684. The first-order chi connectivity index (χ1) is 11.2. The normalized spacial score (nSPS) is 10.5. The van der Waals surface area contributed by atoms with Crippen LogP contribution >= 0.6 is 34.3 Å². The topological polar surface area (TPSA) is 51.2 Å². The maximum atomic E-state index is 12.0. The van der Waals surface area contributed by atoms with E-state index in [1.807, 2.05) is 29.0 Å². The van der Waals surface area contributed by atoms with Gasteiger partial charge in [0.1, 0.15) is 5.75 Å². The average Bonchev–Trinajstić information content (AvgIpc) is 3.19. The lowest BCUT2D eigenvalue weighted by atomic mass is 10.2. The van der Waals surface area contributed by atoms with Gasteiger partial charge < -0.3 is 10.1 Å². The smallest absolute Gasteiger partial charge is 0.231 e. The van der Waals surface area contributed by atoms with Gasteiger partial charge in [-0.2, -0.15) is 0 Å². The van der Waals surface area contributed by atoms with E-state index in [0.717, 1.165) is 16.1 Å². The molecule has 1 N–H and O–H groups in total.